The van der Waals surface area contributed by atoms with E-state index in [1.54, 1.807) is 7.11 Å². The summed E-state index contributed by atoms with van der Waals surface area (Å²) in [4.78, 5) is 24.7. The fourth-order valence-corrected chi connectivity index (χ4v) is 1.95. The standard InChI is InChI=1S/C15H23N3O3/c1-11-5-6-13(21-4)12(7-11)9-18(3)10-15(20)17-8-14(19)16-2/h5-7H,8-10H2,1-4H3,(H,16,19)(H,17,20). The minimum Gasteiger partial charge on any atom is -0.496 e. The molecule has 0 heterocycles. The molecule has 1 rings (SSSR count). The zero-order chi connectivity index (χ0) is 15.8. The van der Waals surface area contributed by atoms with E-state index in [9.17, 15) is 9.59 Å². The van der Waals surface area contributed by atoms with Crippen LogP contribution in [0.1, 0.15) is 11.1 Å². The molecular formula is C15H23N3O3. The van der Waals surface area contributed by atoms with Gasteiger partial charge in [0, 0.05) is 19.2 Å². The molecule has 2 N–H and O–H groups in total. The molecule has 0 unspecified atom stereocenters. The summed E-state index contributed by atoms with van der Waals surface area (Å²) in [5.41, 5.74) is 2.17. The van der Waals surface area contributed by atoms with Crippen molar-refractivity contribution in [1.82, 2.24) is 15.5 Å². The van der Waals surface area contributed by atoms with Crippen LogP contribution in [0.4, 0.5) is 0 Å². The number of nitrogens with one attached hydrogen (secondary N) is 2. The molecule has 0 saturated heterocycles. The lowest BCUT2D eigenvalue weighted by molar-refractivity contribution is -0.126. The van der Waals surface area contributed by atoms with Crippen molar-refractivity contribution >= 4 is 11.8 Å². The summed E-state index contributed by atoms with van der Waals surface area (Å²) < 4.78 is 5.32. The molecule has 21 heavy (non-hydrogen) atoms. The number of methoxy groups -OCH3 is 1. The number of carbonyl (C=O) groups is 2. The van der Waals surface area contributed by atoms with E-state index in [1.165, 1.54) is 7.05 Å². The van der Waals surface area contributed by atoms with E-state index in [2.05, 4.69) is 10.6 Å². The molecule has 2 amide bonds. The number of hydrogen-bond donors (Lipinski definition) is 2. The van der Waals surface area contributed by atoms with Gasteiger partial charge in [0.05, 0.1) is 20.2 Å². The Kier molecular flexibility index (Phi) is 6.68. The van der Waals surface area contributed by atoms with Gasteiger partial charge in [0.15, 0.2) is 0 Å². The third-order valence-corrected chi connectivity index (χ3v) is 3.01. The predicted molar refractivity (Wildman–Crippen MR) is 81.1 cm³/mol. The SMILES string of the molecule is CNC(=O)CNC(=O)CN(C)Cc1cc(C)ccc1OC. The van der Waals surface area contributed by atoms with Gasteiger partial charge in [-0.25, -0.2) is 0 Å². The minimum absolute atomic E-state index is 0.00304. The molecule has 0 atom stereocenters. The van der Waals surface area contributed by atoms with Gasteiger partial charge >= 0.3 is 0 Å². The zero-order valence-electron chi connectivity index (χ0n) is 13.0. The Bertz CT molecular complexity index is 503. The summed E-state index contributed by atoms with van der Waals surface area (Å²) in [7, 11) is 5.01. The summed E-state index contributed by atoms with van der Waals surface area (Å²) in [6, 6.07) is 5.94. The van der Waals surface area contributed by atoms with Crippen molar-refractivity contribution < 1.29 is 14.3 Å². The molecule has 0 aliphatic heterocycles. The number of likely N-dealkylation sites (N-methyl/N-ethyl adjacent to an activating group) is 2. The van der Waals surface area contributed by atoms with Crippen LogP contribution in [0.25, 0.3) is 0 Å². The highest BCUT2D eigenvalue weighted by atomic mass is 16.5. The Hall–Kier alpha value is -2.08. The van der Waals surface area contributed by atoms with E-state index in [4.69, 9.17) is 4.74 Å². The summed E-state index contributed by atoms with van der Waals surface area (Å²) in [6.45, 7) is 2.82. The third kappa shape index (κ3) is 5.83. The average Bonchev–Trinajstić information content (AvgIpc) is 2.44. The molecule has 0 aliphatic rings. The van der Waals surface area contributed by atoms with Crippen LogP contribution in [0.2, 0.25) is 0 Å². The number of hydrogen-bond acceptors (Lipinski definition) is 4. The van der Waals surface area contributed by atoms with Crippen LogP contribution in [0.5, 0.6) is 5.75 Å². The van der Waals surface area contributed by atoms with E-state index in [1.807, 2.05) is 37.1 Å². The van der Waals surface area contributed by atoms with Crippen molar-refractivity contribution in [2.24, 2.45) is 0 Å². The second kappa shape index (κ2) is 8.26. The Morgan fingerprint density at radius 3 is 2.62 bits per heavy atom. The Morgan fingerprint density at radius 2 is 2.00 bits per heavy atom. The lowest BCUT2D eigenvalue weighted by Crippen LogP contribution is -2.40. The molecule has 0 aromatic heterocycles. The summed E-state index contributed by atoms with van der Waals surface area (Å²) >= 11 is 0. The maximum absolute atomic E-state index is 11.7. The topological polar surface area (TPSA) is 70.7 Å². The highest BCUT2D eigenvalue weighted by molar-refractivity contribution is 5.85. The van der Waals surface area contributed by atoms with E-state index in [0.717, 1.165) is 16.9 Å². The van der Waals surface area contributed by atoms with Crippen molar-refractivity contribution in [3.05, 3.63) is 29.3 Å². The van der Waals surface area contributed by atoms with E-state index >= 15 is 0 Å². The number of amides is 2. The lowest BCUT2D eigenvalue weighted by atomic mass is 10.1. The first-order valence-corrected chi connectivity index (χ1v) is 6.75. The monoisotopic (exact) mass is 293 g/mol. The van der Waals surface area contributed by atoms with Crippen LogP contribution in [-0.4, -0.2) is 51.0 Å². The van der Waals surface area contributed by atoms with Gasteiger partial charge in [-0.1, -0.05) is 17.7 Å². The maximum Gasteiger partial charge on any atom is 0.239 e. The molecule has 0 aliphatic carbocycles. The van der Waals surface area contributed by atoms with Crippen LogP contribution >= 0.6 is 0 Å². The van der Waals surface area contributed by atoms with Crippen molar-refractivity contribution in [1.29, 1.82) is 0 Å². The number of ether oxygens (including phenoxy) is 1. The highest BCUT2D eigenvalue weighted by Crippen LogP contribution is 2.20. The Balaban J connectivity index is 2.53. The summed E-state index contributed by atoms with van der Waals surface area (Å²) in [6.07, 6.45) is 0. The first-order chi connectivity index (χ1) is 9.96. The van der Waals surface area contributed by atoms with Gasteiger partial charge in [0.1, 0.15) is 5.75 Å². The van der Waals surface area contributed by atoms with Gasteiger partial charge in [-0.15, -0.1) is 0 Å². The highest BCUT2D eigenvalue weighted by Gasteiger charge is 2.11. The number of aryl methyl sites for hydroxylation is 1. The molecule has 6 heteroatoms. The molecule has 1 aromatic rings. The fraction of sp³-hybridized carbons (Fsp3) is 0.467. The van der Waals surface area contributed by atoms with E-state index < -0.39 is 0 Å². The number of rotatable bonds is 7. The van der Waals surface area contributed by atoms with Crippen molar-refractivity contribution in [2.45, 2.75) is 13.5 Å². The number of nitrogens with zero attached hydrogens (tertiary/aromatic N) is 1. The van der Waals surface area contributed by atoms with Crippen LogP contribution in [-0.2, 0) is 16.1 Å². The van der Waals surface area contributed by atoms with Crippen LogP contribution in [0.15, 0.2) is 18.2 Å². The van der Waals surface area contributed by atoms with Gasteiger partial charge in [-0.05, 0) is 20.0 Å². The first kappa shape index (κ1) is 17.0. The molecule has 0 radical (unpaired) electrons. The second-order valence-electron chi connectivity index (χ2n) is 4.94. The normalized spacial score (nSPS) is 10.3. The molecule has 6 nitrogen and oxygen atoms in total. The Morgan fingerprint density at radius 1 is 1.29 bits per heavy atom. The summed E-state index contributed by atoms with van der Waals surface area (Å²) in [5.74, 6) is 0.400. The predicted octanol–water partition coefficient (Wildman–Crippen LogP) is 0.298. The van der Waals surface area contributed by atoms with Crippen LogP contribution in [0.3, 0.4) is 0 Å². The molecule has 1 aromatic carbocycles. The van der Waals surface area contributed by atoms with Crippen LogP contribution < -0.4 is 15.4 Å². The van der Waals surface area contributed by atoms with Crippen molar-refractivity contribution in [3.8, 4) is 5.75 Å². The van der Waals surface area contributed by atoms with Gasteiger partial charge < -0.3 is 15.4 Å². The van der Waals surface area contributed by atoms with Crippen molar-refractivity contribution in [3.63, 3.8) is 0 Å². The molecule has 0 fully saturated rings. The third-order valence-electron chi connectivity index (χ3n) is 3.01. The van der Waals surface area contributed by atoms with Gasteiger partial charge in [-0.2, -0.15) is 0 Å². The molecule has 0 spiro atoms. The fourth-order valence-electron chi connectivity index (χ4n) is 1.95. The van der Waals surface area contributed by atoms with Gasteiger partial charge in [0.2, 0.25) is 11.8 Å². The second-order valence-corrected chi connectivity index (χ2v) is 4.94. The molecule has 116 valence electrons. The summed E-state index contributed by atoms with van der Waals surface area (Å²) in [5, 5.41) is 5.02. The van der Waals surface area contributed by atoms with Crippen LogP contribution in [0, 0.1) is 6.92 Å². The molecular weight excluding hydrogens is 270 g/mol. The van der Waals surface area contributed by atoms with Gasteiger partial charge in [-0.3, -0.25) is 14.5 Å². The quantitative estimate of drug-likeness (QED) is 0.758. The largest absolute Gasteiger partial charge is 0.496 e. The van der Waals surface area contributed by atoms with E-state index in [0.29, 0.717) is 6.54 Å². The lowest BCUT2D eigenvalue weighted by Gasteiger charge is -2.18. The molecule has 0 bridgehead atoms. The number of benzene rings is 1. The van der Waals surface area contributed by atoms with Gasteiger partial charge in [0.25, 0.3) is 0 Å². The smallest absolute Gasteiger partial charge is 0.239 e. The number of carbonyl (C=O) groups excluding carboxylic acids is 2. The average molecular weight is 293 g/mol. The minimum atomic E-state index is -0.216. The zero-order valence-corrected chi connectivity index (χ0v) is 13.0. The molecule has 0 saturated carbocycles. The van der Waals surface area contributed by atoms with E-state index in [-0.39, 0.29) is 24.9 Å². The Labute approximate surface area is 125 Å². The maximum atomic E-state index is 11.7. The van der Waals surface area contributed by atoms with Crippen molar-refractivity contribution in [2.75, 3.05) is 34.3 Å². The first-order valence-electron chi connectivity index (χ1n) is 6.75.